The molecule has 0 saturated carbocycles. The second-order valence-corrected chi connectivity index (χ2v) is 8.26. The van der Waals surface area contributed by atoms with Gasteiger partial charge < -0.3 is 19.9 Å². The molecular formula is C21H25N5O3S. The van der Waals surface area contributed by atoms with Gasteiger partial charge in [0.2, 0.25) is 0 Å². The van der Waals surface area contributed by atoms with E-state index in [9.17, 15) is 4.79 Å². The van der Waals surface area contributed by atoms with E-state index >= 15 is 0 Å². The number of aryl methyl sites for hydroxylation is 3. The van der Waals surface area contributed by atoms with Crippen molar-refractivity contribution in [3.8, 4) is 16.9 Å². The zero-order valence-corrected chi connectivity index (χ0v) is 18.1. The SMILES string of the molecule is Cc1nnsc1C(=O)Nc1ccc(OC[C@H]2CCCCN2)c(-c2c(C)noc2C)c1. The first-order valence-electron chi connectivity index (χ1n) is 10.1. The lowest BCUT2D eigenvalue weighted by Gasteiger charge is -2.24. The molecule has 1 aromatic carbocycles. The summed E-state index contributed by atoms with van der Waals surface area (Å²) in [5.41, 5.74) is 3.78. The summed E-state index contributed by atoms with van der Waals surface area (Å²) in [5.74, 6) is 1.22. The van der Waals surface area contributed by atoms with Crippen molar-refractivity contribution in [3.05, 3.63) is 40.2 Å². The maximum atomic E-state index is 12.6. The molecule has 8 nitrogen and oxygen atoms in total. The van der Waals surface area contributed by atoms with Gasteiger partial charge >= 0.3 is 0 Å². The summed E-state index contributed by atoms with van der Waals surface area (Å²) in [5, 5.41) is 14.4. The van der Waals surface area contributed by atoms with E-state index in [0.717, 1.165) is 47.1 Å². The van der Waals surface area contributed by atoms with Crippen molar-refractivity contribution in [2.75, 3.05) is 18.5 Å². The molecule has 0 aliphatic carbocycles. The van der Waals surface area contributed by atoms with Crippen LogP contribution in [0.2, 0.25) is 0 Å². The Balaban J connectivity index is 1.61. The summed E-state index contributed by atoms with van der Waals surface area (Å²) in [6.45, 7) is 7.16. The molecule has 1 fully saturated rings. The first kappa shape index (κ1) is 20.5. The summed E-state index contributed by atoms with van der Waals surface area (Å²) in [6, 6.07) is 5.97. The lowest BCUT2D eigenvalue weighted by Crippen LogP contribution is -2.38. The van der Waals surface area contributed by atoms with Gasteiger partial charge in [0.15, 0.2) is 0 Å². The maximum Gasteiger partial charge on any atom is 0.269 e. The molecule has 3 heterocycles. The predicted molar refractivity (Wildman–Crippen MR) is 115 cm³/mol. The molecule has 1 saturated heterocycles. The highest BCUT2D eigenvalue weighted by Gasteiger charge is 2.20. The number of carbonyl (C=O) groups excluding carboxylic acids is 1. The molecule has 0 unspecified atom stereocenters. The van der Waals surface area contributed by atoms with Gasteiger partial charge in [-0.3, -0.25) is 4.79 Å². The van der Waals surface area contributed by atoms with E-state index in [4.69, 9.17) is 9.26 Å². The zero-order valence-electron chi connectivity index (χ0n) is 17.3. The molecule has 0 bridgehead atoms. The standard InChI is InChI=1S/C21H25N5O3S/c1-12-19(14(3)29-25-12)17-10-15(23-21(27)20-13(2)24-26-30-20)7-8-18(17)28-11-16-6-4-5-9-22-16/h7-8,10,16,22H,4-6,9,11H2,1-3H3,(H,23,27)/t16-/m1/s1. The highest BCUT2D eigenvalue weighted by molar-refractivity contribution is 7.08. The van der Waals surface area contributed by atoms with Gasteiger partial charge in [0.25, 0.3) is 5.91 Å². The van der Waals surface area contributed by atoms with Crippen molar-refractivity contribution in [2.24, 2.45) is 0 Å². The number of rotatable bonds is 6. The van der Waals surface area contributed by atoms with Crippen LogP contribution in [-0.4, -0.2) is 39.8 Å². The number of benzene rings is 1. The van der Waals surface area contributed by atoms with Crippen molar-refractivity contribution in [1.82, 2.24) is 20.1 Å². The molecule has 0 radical (unpaired) electrons. The third-order valence-electron chi connectivity index (χ3n) is 5.25. The van der Waals surface area contributed by atoms with Crippen LogP contribution in [0, 0.1) is 20.8 Å². The number of hydrogen-bond acceptors (Lipinski definition) is 8. The van der Waals surface area contributed by atoms with Gasteiger partial charge in [0, 0.05) is 17.3 Å². The van der Waals surface area contributed by atoms with E-state index in [1.807, 2.05) is 32.0 Å². The van der Waals surface area contributed by atoms with Gasteiger partial charge in [-0.2, -0.15) is 0 Å². The summed E-state index contributed by atoms with van der Waals surface area (Å²) >= 11 is 1.08. The number of anilines is 1. The fourth-order valence-corrected chi connectivity index (χ4v) is 4.23. The van der Waals surface area contributed by atoms with E-state index in [-0.39, 0.29) is 5.91 Å². The third kappa shape index (κ3) is 4.36. The monoisotopic (exact) mass is 427 g/mol. The maximum absolute atomic E-state index is 12.6. The van der Waals surface area contributed by atoms with Crippen LogP contribution in [0.4, 0.5) is 5.69 Å². The van der Waals surface area contributed by atoms with Crippen LogP contribution in [0.5, 0.6) is 5.75 Å². The summed E-state index contributed by atoms with van der Waals surface area (Å²) in [4.78, 5) is 13.1. The Hall–Kier alpha value is -2.78. The Bertz CT molecular complexity index is 1020. The second-order valence-electron chi connectivity index (χ2n) is 7.51. The first-order valence-corrected chi connectivity index (χ1v) is 10.8. The van der Waals surface area contributed by atoms with Gasteiger partial charge in [0.1, 0.15) is 23.0 Å². The quantitative estimate of drug-likeness (QED) is 0.615. The van der Waals surface area contributed by atoms with Crippen molar-refractivity contribution in [1.29, 1.82) is 0 Å². The minimum absolute atomic E-state index is 0.229. The number of carbonyl (C=O) groups is 1. The number of aromatic nitrogens is 3. The van der Waals surface area contributed by atoms with Crippen LogP contribution >= 0.6 is 11.5 Å². The van der Waals surface area contributed by atoms with E-state index in [1.165, 1.54) is 12.8 Å². The molecule has 1 aliphatic rings. The summed E-state index contributed by atoms with van der Waals surface area (Å²) in [6.07, 6.45) is 3.54. The summed E-state index contributed by atoms with van der Waals surface area (Å²) in [7, 11) is 0. The van der Waals surface area contributed by atoms with Crippen LogP contribution in [0.25, 0.3) is 11.1 Å². The largest absolute Gasteiger partial charge is 0.491 e. The molecule has 4 rings (SSSR count). The highest BCUT2D eigenvalue weighted by Crippen LogP contribution is 2.37. The average molecular weight is 428 g/mol. The predicted octanol–water partition coefficient (Wildman–Crippen LogP) is 3.89. The van der Waals surface area contributed by atoms with E-state index in [2.05, 4.69) is 25.4 Å². The van der Waals surface area contributed by atoms with Crippen molar-refractivity contribution >= 4 is 23.1 Å². The Kier molecular flexibility index (Phi) is 6.10. The third-order valence-corrected chi connectivity index (χ3v) is 6.08. The minimum Gasteiger partial charge on any atom is -0.491 e. The highest BCUT2D eigenvalue weighted by atomic mass is 32.1. The molecular weight excluding hydrogens is 402 g/mol. The number of hydrogen-bond donors (Lipinski definition) is 2. The van der Waals surface area contributed by atoms with Crippen LogP contribution in [-0.2, 0) is 0 Å². The summed E-state index contributed by atoms with van der Waals surface area (Å²) < 4.78 is 15.4. The van der Waals surface area contributed by atoms with Gasteiger partial charge in [-0.25, -0.2) is 0 Å². The lowest BCUT2D eigenvalue weighted by molar-refractivity contribution is 0.103. The van der Waals surface area contributed by atoms with Crippen LogP contribution in [0.15, 0.2) is 22.7 Å². The van der Waals surface area contributed by atoms with Crippen molar-refractivity contribution < 1.29 is 14.1 Å². The fourth-order valence-electron chi connectivity index (χ4n) is 3.68. The smallest absolute Gasteiger partial charge is 0.269 e. The Morgan fingerprint density at radius 2 is 2.17 bits per heavy atom. The number of piperidine rings is 1. The van der Waals surface area contributed by atoms with Crippen LogP contribution < -0.4 is 15.4 Å². The zero-order chi connectivity index (χ0) is 21.1. The van der Waals surface area contributed by atoms with Gasteiger partial charge in [-0.15, -0.1) is 5.10 Å². The minimum atomic E-state index is -0.229. The number of ether oxygens (including phenoxy) is 1. The van der Waals surface area contributed by atoms with E-state index in [0.29, 0.717) is 34.7 Å². The molecule has 1 amide bonds. The molecule has 158 valence electrons. The van der Waals surface area contributed by atoms with Gasteiger partial charge in [-0.05, 0) is 69.9 Å². The average Bonchev–Trinajstić information content (AvgIpc) is 3.32. The number of amides is 1. The molecule has 30 heavy (non-hydrogen) atoms. The fraction of sp³-hybridized carbons (Fsp3) is 0.429. The molecule has 2 N–H and O–H groups in total. The lowest BCUT2D eigenvalue weighted by atomic mass is 10.0. The Morgan fingerprint density at radius 1 is 1.30 bits per heavy atom. The second kappa shape index (κ2) is 8.93. The molecule has 1 aliphatic heterocycles. The van der Waals surface area contributed by atoms with Gasteiger partial charge in [0.05, 0.1) is 17.0 Å². The molecule has 1 atom stereocenters. The van der Waals surface area contributed by atoms with Crippen molar-refractivity contribution in [3.63, 3.8) is 0 Å². The Labute approximate surface area is 179 Å². The molecule has 9 heteroatoms. The van der Waals surface area contributed by atoms with Crippen molar-refractivity contribution in [2.45, 2.75) is 46.1 Å². The molecule has 2 aromatic heterocycles. The normalized spacial score (nSPS) is 16.4. The van der Waals surface area contributed by atoms with Crippen LogP contribution in [0.3, 0.4) is 0 Å². The topological polar surface area (TPSA) is 102 Å². The Morgan fingerprint density at radius 3 is 2.83 bits per heavy atom. The van der Waals surface area contributed by atoms with E-state index in [1.54, 1.807) is 6.92 Å². The number of nitrogens with zero attached hydrogens (tertiary/aromatic N) is 3. The van der Waals surface area contributed by atoms with E-state index < -0.39 is 0 Å². The van der Waals surface area contributed by atoms with Crippen LogP contribution in [0.1, 0.15) is 46.1 Å². The first-order chi connectivity index (χ1) is 14.5. The molecule has 3 aromatic rings. The molecule has 0 spiro atoms. The number of nitrogens with one attached hydrogen (secondary N) is 2. The van der Waals surface area contributed by atoms with Gasteiger partial charge in [-0.1, -0.05) is 16.1 Å².